The Kier molecular flexibility index (Phi) is 4.52. The molecule has 5 heteroatoms. The zero-order valence-corrected chi connectivity index (χ0v) is 13.0. The van der Waals surface area contributed by atoms with Crippen LogP contribution >= 0.6 is 0 Å². The average Bonchev–Trinajstić information content (AvgIpc) is 3.37. The van der Waals surface area contributed by atoms with E-state index < -0.39 is 5.97 Å². The molecule has 0 atom stereocenters. The van der Waals surface area contributed by atoms with Crippen LogP contribution in [-0.2, 0) is 11.3 Å². The van der Waals surface area contributed by atoms with Crippen molar-refractivity contribution >= 4 is 11.7 Å². The van der Waals surface area contributed by atoms with Gasteiger partial charge in [0, 0.05) is 25.7 Å². The van der Waals surface area contributed by atoms with Crippen LogP contribution in [0.25, 0.3) is 0 Å². The highest BCUT2D eigenvalue weighted by Crippen LogP contribution is 2.32. The van der Waals surface area contributed by atoms with E-state index in [1.807, 2.05) is 0 Å². The Bertz CT molecular complexity index is 535. The van der Waals surface area contributed by atoms with Gasteiger partial charge in [-0.15, -0.1) is 0 Å². The lowest BCUT2D eigenvalue weighted by atomic mass is 9.96. The number of rotatable bonds is 6. The second-order valence-corrected chi connectivity index (χ2v) is 6.26. The molecule has 0 radical (unpaired) electrons. The Morgan fingerprint density at radius 1 is 1.32 bits per heavy atom. The van der Waals surface area contributed by atoms with Crippen LogP contribution in [0.2, 0.25) is 0 Å². The molecule has 0 bridgehead atoms. The van der Waals surface area contributed by atoms with Gasteiger partial charge in [-0.05, 0) is 43.4 Å². The minimum atomic E-state index is -0.673. The van der Waals surface area contributed by atoms with Gasteiger partial charge in [0.2, 0.25) is 0 Å². The summed E-state index contributed by atoms with van der Waals surface area (Å²) in [5.74, 6) is 0.00115. The molecule has 1 saturated carbocycles. The fourth-order valence-corrected chi connectivity index (χ4v) is 3.01. The first-order valence-electron chi connectivity index (χ1n) is 8.05. The third-order valence-electron chi connectivity index (χ3n) is 4.60. The van der Waals surface area contributed by atoms with Crippen molar-refractivity contribution in [2.45, 2.75) is 38.3 Å². The van der Waals surface area contributed by atoms with Crippen LogP contribution in [-0.4, -0.2) is 37.3 Å². The van der Waals surface area contributed by atoms with Gasteiger partial charge in [0.25, 0.3) is 0 Å². The van der Waals surface area contributed by atoms with Gasteiger partial charge in [-0.2, -0.15) is 0 Å². The van der Waals surface area contributed by atoms with Crippen LogP contribution in [0.3, 0.4) is 0 Å². The van der Waals surface area contributed by atoms with E-state index in [1.165, 1.54) is 18.4 Å². The second kappa shape index (κ2) is 6.57. The summed E-state index contributed by atoms with van der Waals surface area (Å²) in [4.78, 5) is 13.3. The lowest BCUT2D eigenvalue weighted by Crippen LogP contribution is -2.36. The first-order chi connectivity index (χ1) is 10.7. The van der Waals surface area contributed by atoms with Crippen LogP contribution in [0.1, 0.15) is 31.2 Å². The summed E-state index contributed by atoms with van der Waals surface area (Å²) in [7, 11) is 1.70. The quantitative estimate of drug-likeness (QED) is 0.844. The fraction of sp³-hybridized carbons (Fsp3) is 0.588. The van der Waals surface area contributed by atoms with E-state index in [2.05, 4.69) is 28.4 Å². The first-order valence-corrected chi connectivity index (χ1v) is 8.05. The predicted molar refractivity (Wildman–Crippen MR) is 85.4 cm³/mol. The van der Waals surface area contributed by atoms with Crippen LogP contribution in [0.4, 0.5) is 5.69 Å². The number of benzene rings is 1. The van der Waals surface area contributed by atoms with Gasteiger partial charge < -0.3 is 20.1 Å². The van der Waals surface area contributed by atoms with Crippen molar-refractivity contribution in [2.75, 3.05) is 25.1 Å². The number of methoxy groups -OCH3 is 1. The minimum absolute atomic E-state index is 0.204. The molecule has 0 unspecified atom stereocenters. The van der Waals surface area contributed by atoms with Gasteiger partial charge in [0.05, 0.1) is 18.7 Å². The smallest absolute Gasteiger partial charge is 0.306 e. The normalized spacial score (nSPS) is 19.2. The van der Waals surface area contributed by atoms with Gasteiger partial charge in [-0.25, -0.2) is 0 Å². The standard InChI is InChI=1S/C17H24N2O3/c1-22-16-10-12(11-18-14-3-4-14)2-5-15(16)19-8-6-13(7-9-19)17(20)21/h2,5,10,13-14,18H,3-4,6-9,11H2,1H3,(H,20,21). The lowest BCUT2D eigenvalue weighted by molar-refractivity contribution is -0.142. The Morgan fingerprint density at radius 3 is 2.64 bits per heavy atom. The van der Waals surface area contributed by atoms with Crippen molar-refractivity contribution in [3.05, 3.63) is 23.8 Å². The van der Waals surface area contributed by atoms with Crippen molar-refractivity contribution in [2.24, 2.45) is 5.92 Å². The van der Waals surface area contributed by atoms with E-state index in [-0.39, 0.29) is 5.92 Å². The molecule has 2 aliphatic rings. The number of ether oxygens (including phenoxy) is 1. The number of carboxylic acids is 1. The average molecular weight is 304 g/mol. The summed E-state index contributed by atoms with van der Waals surface area (Å²) in [5, 5.41) is 12.6. The summed E-state index contributed by atoms with van der Waals surface area (Å²) in [6.45, 7) is 2.42. The van der Waals surface area contributed by atoms with Gasteiger partial charge in [0.1, 0.15) is 5.75 Å². The van der Waals surface area contributed by atoms with Gasteiger partial charge in [-0.3, -0.25) is 4.79 Å². The largest absolute Gasteiger partial charge is 0.495 e. The molecule has 5 nitrogen and oxygen atoms in total. The Morgan fingerprint density at radius 2 is 2.05 bits per heavy atom. The first kappa shape index (κ1) is 15.2. The Balaban J connectivity index is 1.66. The van der Waals surface area contributed by atoms with Crippen molar-refractivity contribution in [1.29, 1.82) is 0 Å². The molecule has 1 aliphatic heterocycles. The highest BCUT2D eigenvalue weighted by molar-refractivity contribution is 5.70. The Labute approximate surface area is 131 Å². The monoisotopic (exact) mass is 304 g/mol. The number of carboxylic acid groups (broad SMARTS) is 1. The summed E-state index contributed by atoms with van der Waals surface area (Å²) in [6, 6.07) is 7.02. The highest BCUT2D eigenvalue weighted by atomic mass is 16.5. The number of hydrogen-bond acceptors (Lipinski definition) is 4. The third kappa shape index (κ3) is 3.53. The van der Waals surface area contributed by atoms with Gasteiger partial charge in [0.15, 0.2) is 0 Å². The summed E-state index contributed by atoms with van der Waals surface area (Å²) in [6.07, 6.45) is 3.97. The molecule has 2 N–H and O–H groups in total. The van der Waals surface area contributed by atoms with Crippen molar-refractivity contribution in [1.82, 2.24) is 5.32 Å². The molecule has 22 heavy (non-hydrogen) atoms. The van der Waals surface area contributed by atoms with E-state index in [0.29, 0.717) is 18.9 Å². The topological polar surface area (TPSA) is 61.8 Å². The number of piperidine rings is 1. The molecule has 0 spiro atoms. The molecular formula is C17H24N2O3. The SMILES string of the molecule is COc1cc(CNC2CC2)ccc1N1CCC(C(=O)O)CC1. The van der Waals surface area contributed by atoms with E-state index in [4.69, 9.17) is 9.84 Å². The molecule has 1 saturated heterocycles. The summed E-state index contributed by atoms with van der Waals surface area (Å²) < 4.78 is 5.55. The molecule has 1 heterocycles. The lowest BCUT2D eigenvalue weighted by Gasteiger charge is -2.33. The molecule has 2 fully saturated rings. The zero-order valence-electron chi connectivity index (χ0n) is 13.0. The fourth-order valence-electron chi connectivity index (χ4n) is 3.01. The summed E-state index contributed by atoms with van der Waals surface area (Å²) >= 11 is 0. The molecule has 1 aromatic carbocycles. The summed E-state index contributed by atoms with van der Waals surface area (Å²) in [5.41, 5.74) is 2.30. The molecule has 0 aromatic heterocycles. The molecule has 3 rings (SSSR count). The molecule has 1 aliphatic carbocycles. The van der Waals surface area contributed by atoms with Crippen molar-refractivity contribution in [3.8, 4) is 5.75 Å². The van der Waals surface area contributed by atoms with Crippen LogP contribution in [0, 0.1) is 5.92 Å². The number of aliphatic carboxylic acids is 1. The maximum atomic E-state index is 11.0. The maximum absolute atomic E-state index is 11.0. The number of hydrogen-bond donors (Lipinski definition) is 2. The number of anilines is 1. The van der Waals surface area contributed by atoms with E-state index in [0.717, 1.165) is 31.1 Å². The Hall–Kier alpha value is -1.75. The number of nitrogens with one attached hydrogen (secondary N) is 1. The van der Waals surface area contributed by atoms with Crippen LogP contribution < -0.4 is 15.0 Å². The van der Waals surface area contributed by atoms with E-state index >= 15 is 0 Å². The number of nitrogens with zero attached hydrogens (tertiary/aromatic N) is 1. The zero-order chi connectivity index (χ0) is 15.5. The van der Waals surface area contributed by atoms with E-state index in [1.54, 1.807) is 7.11 Å². The molecular weight excluding hydrogens is 280 g/mol. The van der Waals surface area contributed by atoms with Gasteiger partial charge >= 0.3 is 5.97 Å². The maximum Gasteiger partial charge on any atom is 0.306 e. The van der Waals surface area contributed by atoms with Crippen molar-refractivity contribution in [3.63, 3.8) is 0 Å². The molecule has 0 amide bonds. The van der Waals surface area contributed by atoms with E-state index in [9.17, 15) is 4.79 Å². The number of carbonyl (C=O) groups is 1. The second-order valence-electron chi connectivity index (χ2n) is 6.26. The molecule has 120 valence electrons. The minimum Gasteiger partial charge on any atom is -0.495 e. The van der Waals surface area contributed by atoms with Crippen molar-refractivity contribution < 1.29 is 14.6 Å². The van der Waals surface area contributed by atoms with Gasteiger partial charge in [-0.1, -0.05) is 6.07 Å². The molecule has 1 aromatic rings. The third-order valence-corrected chi connectivity index (χ3v) is 4.60. The predicted octanol–water partition coefficient (Wildman–Crippen LogP) is 2.25. The highest BCUT2D eigenvalue weighted by Gasteiger charge is 2.26. The van der Waals surface area contributed by atoms with Crippen LogP contribution in [0.5, 0.6) is 5.75 Å². The van der Waals surface area contributed by atoms with Crippen LogP contribution in [0.15, 0.2) is 18.2 Å².